The molecule has 10 heteroatoms. The molecule has 30 heavy (non-hydrogen) atoms. The number of likely N-dealkylation sites (tertiary alicyclic amines) is 1. The fourth-order valence-electron chi connectivity index (χ4n) is 3.58. The third-order valence-corrected chi connectivity index (χ3v) is 6.70. The molecule has 1 heterocycles. The van der Waals surface area contributed by atoms with Crippen LogP contribution in [0, 0.1) is 17.8 Å². The third-order valence-electron chi connectivity index (χ3n) is 4.96. The molecule has 0 radical (unpaired) electrons. The van der Waals surface area contributed by atoms with E-state index in [2.05, 4.69) is 10.6 Å². The lowest BCUT2D eigenvalue weighted by Crippen LogP contribution is -2.49. The highest BCUT2D eigenvalue weighted by Crippen LogP contribution is 2.45. The van der Waals surface area contributed by atoms with E-state index < -0.39 is 43.3 Å². The van der Waals surface area contributed by atoms with Gasteiger partial charge in [-0.05, 0) is 31.1 Å². The van der Waals surface area contributed by atoms with Gasteiger partial charge in [0.2, 0.25) is 31.0 Å². The summed E-state index contributed by atoms with van der Waals surface area (Å²) in [5.41, 5.74) is 0. The fraction of sp³-hybridized carbons (Fsp3) is 0.800. The van der Waals surface area contributed by atoms with Crippen molar-refractivity contribution < 1.29 is 28.6 Å². The van der Waals surface area contributed by atoms with Gasteiger partial charge in [0, 0.05) is 32.0 Å². The molecular weight excluding hydrogens is 409 g/mol. The number of rotatable bonds is 11. The summed E-state index contributed by atoms with van der Waals surface area (Å²) in [7, 11) is -2.49. The highest BCUT2D eigenvalue weighted by Gasteiger charge is 2.36. The lowest BCUT2D eigenvalue weighted by Gasteiger charge is -2.29. The van der Waals surface area contributed by atoms with Crippen LogP contribution in [-0.2, 0) is 23.7 Å². The maximum atomic E-state index is 12.9. The molecule has 3 atom stereocenters. The summed E-state index contributed by atoms with van der Waals surface area (Å²) in [4.78, 5) is 60.4. The van der Waals surface area contributed by atoms with E-state index in [1.165, 1.54) is 7.05 Å². The molecule has 0 bridgehead atoms. The molecule has 0 aromatic carbocycles. The number of nitrogens with zero attached hydrogens (tertiary/aromatic N) is 1. The second-order valence-corrected chi connectivity index (χ2v) is 11.2. The van der Waals surface area contributed by atoms with Gasteiger partial charge in [-0.2, -0.15) is 0 Å². The van der Waals surface area contributed by atoms with E-state index in [0.29, 0.717) is 19.3 Å². The van der Waals surface area contributed by atoms with E-state index >= 15 is 0 Å². The molecule has 9 nitrogen and oxygen atoms in total. The Balaban J connectivity index is 2.94. The van der Waals surface area contributed by atoms with E-state index in [-0.39, 0.29) is 36.7 Å². The number of likely N-dealkylation sites (N-methyl/N-ethyl adjacent to an activating group) is 1. The lowest BCUT2D eigenvalue weighted by molar-refractivity contribution is -0.146. The first-order chi connectivity index (χ1) is 13.9. The Morgan fingerprint density at radius 3 is 2.03 bits per heavy atom. The summed E-state index contributed by atoms with van der Waals surface area (Å²) < 4.78 is 12.9. The van der Waals surface area contributed by atoms with Crippen molar-refractivity contribution in [2.45, 2.75) is 65.8 Å². The molecule has 4 amide bonds. The van der Waals surface area contributed by atoms with Gasteiger partial charge in [0.05, 0.1) is 0 Å². The molecule has 0 aromatic heterocycles. The zero-order valence-electron chi connectivity index (χ0n) is 18.6. The standard InChI is InChI=1S/C20H36N3O6P/c1-13(2)9-15(19(26)22-16(10-14(3)4)20(27)21-5)11-30(28,29)12-23-17(24)7-6-8-18(23)25/h13-16H,6-12H2,1-5H3,(H,21,27)(H,22,26)(H,28,29)/t15?,16-/m0/s1. The van der Waals surface area contributed by atoms with Crippen LogP contribution < -0.4 is 10.6 Å². The molecule has 1 aliphatic heterocycles. The quantitative estimate of drug-likeness (QED) is 0.327. The molecule has 0 aromatic rings. The maximum Gasteiger partial charge on any atom is 0.242 e. The predicted octanol–water partition coefficient (Wildman–Crippen LogP) is 1.69. The van der Waals surface area contributed by atoms with Gasteiger partial charge in [0.1, 0.15) is 12.3 Å². The van der Waals surface area contributed by atoms with Crippen molar-refractivity contribution in [2.75, 3.05) is 19.5 Å². The van der Waals surface area contributed by atoms with Gasteiger partial charge in [0.15, 0.2) is 0 Å². The number of hydrogen-bond acceptors (Lipinski definition) is 5. The van der Waals surface area contributed by atoms with Crippen molar-refractivity contribution in [3.05, 3.63) is 0 Å². The number of nitrogens with one attached hydrogen (secondary N) is 2. The average Bonchev–Trinajstić information content (AvgIpc) is 2.62. The zero-order chi connectivity index (χ0) is 23.1. The van der Waals surface area contributed by atoms with Gasteiger partial charge in [-0.3, -0.25) is 28.6 Å². The van der Waals surface area contributed by atoms with Crippen LogP contribution in [0.1, 0.15) is 59.8 Å². The third kappa shape index (κ3) is 8.56. The van der Waals surface area contributed by atoms with Crippen molar-refractivity contribution in [2.24, 2.45) is 17.8 Å². The summed E-state index contributed by atoms with van der Waals surface area (Å²) in [5, 5.41) is 5.25. The molecule has 1 rings (SSSR count). The molecule has 0 spiro atoms. The second kappa shape index (κ2) is 11.6. The summed E-state index contributed by atoms with van der Waals surface area (Å²) in [6.07, 6.45) is 0.649. The average molecular weight is 445 g/mol. The summed E-state index contributed by atoms with van der Waals surface area (Å²) in [6.45, 7) is 7.65. The van der Waals surface area contributed by atoms with Crippen LogP contribution in [0.4, 0.5) is 0 Å². The maximum absolute atomic E-state index is 12.9. The Kier molecular flexibility index (Phi) is 10.2. The minimum Gasteiger partial charge on any atom is -0.357 e. The normalized spacial score (nSPS) is 18.9. The van der Waals surface area contributed by atoms with Crippen molar-refractivity contribution in [1.82, 2.24) is 15.5 Å². The monoisotopic (exact) mass is 445 g/mol. The number of carbonyl (C=O) groups is 4. The summed E-state index contributed by atoms with van der Waals surface area (Å²) >= 11 is 0. The largest absolute Gasteiger partial charge is 0.357 e. The molecule has 1 fully saturated rings. The molecule has 0 aliphatic carbocycles. The van der Waals surface area contributed by atoms with E-state index in [0.717, 1.165) is 4.90 Å². The van der Waals surface area contributed by atoms with Crippen LogP contribution in [0.2, 0.25) is 0 Å². The molecule has 172 valence electrons. The molecule has 1 saturated heterocycles. The van der Waals surface area contributed by atoms with Gasteiger partial charge in [-0.25, -0.2) is 0 Å². The number of amides is 4. The van der Waals surface area contributed by atoms with Crippen LogP contribution in [0.25, 0.3) is 0 Å². The van der Waals surface area contributed by atoms with Gasteiger partial charge < -0.3 is 15.5 Å². The van der Waals surface area contributed by atoms with Gasteiger partial charge in [0.25, 0.3) is 0 Å². The Morgan fingerprint density at radius 1 is 1.03 bits per heavy atom. The fourth-order valence-corrected chi connectivity index (χ4v) is 5.46. The highest BCUT2D eigenvalue weighted by molar-refractivity contribution is 7.58. The number of carbonyl (C=O) groups excluding carboxylic acids is 4. The first-order valence-corrected chi connectivity index (χ1v) is 12.5. The first kappa shape index (κ1) is 26.3. The number of hydrogen-bond donors (Lipinski definition) is 3. The van der Waals surface area contributed by atoms with Crippen LogP contribution in [-0.4, -0.2) is 59.0 Å². The molecule has 3 N–H and O–H groups in total. The number of imide groups is 1. The predicted molar refractivity (Wildman–Crippen MR) is 114 cm³/mol. The van der Waals surface area contributed by atoms with Crippen molar-refractivity contribution in [3.63, 3.8) is 0 Å². The van der Waals surface area contributed by atoms with Gasteiger partial charge in [-0.1, -0.05) is 27.7 Å². The highest BCUT2D eigenvalue weighted by atomic mass is 31.2. The minimum absolute atomic E-state index is 0.0718. The number of piperidine rings is 1. The Morgan fingerprint density at radius 2 is 1.57 bits per heavy atom. The molecule has 2 unspecified atom stereocenters. The van der Waals surface area contributed by atoms with Gasteiger partial charge >= 0.3 is 0 Å². The minimum atomic E-state index is -3.98. The van der Waals surface area contributed by atoms with E-state index in [1.807, 2.05) is 27.7 Å². The summed E-state index contributed by atoms with van der Waals surface area (Å²) in [5.74, 6) is -2.28. The van der Waals surface area contributed by atoms with E-state index in [4.69, 9.17) is 0 Å². The van der Waals surface area contributed by atoms with E-state index in [1.54, 1.807) is 0 Å². The van der Waals surface area contributed by atoms with Crippen molar-refractivity contribution >= 4 is 31.0 Å². The van der Waals surface area contributed by atoms with Crippen LogP contribution in [0.15, 0.2) is 0 Å². The molecular formula is C20H36N3O6P. The Hall–Kier alpha value is -1.73. The Labute approximate surface area is 178 Å². The van der Waals surface area contributed by atoms with Crippen molar-refractivity contribution in [3.8, 4) is 0 Å². The Bertz CT molecular complexity index is 678. The topological polar surface area (TPSA) is 133 Å². The SMILES string of the molecule is CNC(=O)[C@H](CC(C)C)NC(=O)C(CC(C)C)CP(=O)(O)CN1C(=O)CCCC1=O. The van der Waals surface area contributed by atoms with Crippen molar-refractivity contribution in [1.29, 1.82) is 0 Å². The first-order valence-electron chi connectivity index (χ1n) is 10.5. The molecule has 1 aliphatic rings. The van der Waals surface area contributed by atoms with Crippen LogP contribution >= 0.6 is 7.37 Å². The van der Waals surface area contributed by atoms with E-state index in [9.17, 15) is 28.6 Å². The zero-order valence-corrected chi connectivity index (χ0v) is 19.5. The van der Waals surface area contributed by atoms with Crippen LogP contribution in [0.3, 0.4) is 0 Å². The smallest absolute Gasteiger partial charge is 0.242 e. The lowest BCUT2D eigenvalue weighted by atomic mass is 9.96. The summed E-state index contributed by atoms with van der Waals surface area (Å²) in [6, 6.07) is -0.736. The van der Waals surface area contributed by atoms with Gasteiger partial charge in [-0.15, -0.1) is 0 Å². The van der Waals surface area contributed by atoms with Crippen LogP contribution in [0.5, 0.6) is 0 Å². The second-order valence-electron chi connectivity index (χ2n) is 8.87. The molecule has 0 saturated carbocycles.